The molecule has 21 heavy (non-hydrogen) atoms. The van der Waals surface area contributed by atoms with Gasteiger partial charge in [-0.15, -0.1) is 0 Å². The molecule has 1 atom stereocenters. The molecular formula is C16H20N2O3. The summed E-state index contributed by atoms with van der Waals surface area (Å²) in [6.45, 7) is 1.63. The number of carbonyl (C=O) groups is 2. The summed E-state index contributed by atoms with van der Waals surface area (Å²) in [5.41, 5.74) is 0.786. The van der Waals surface area contributed by atoms with Gasteiger partial charge in [-0.05, 0) is 49.9 Å². The van der Waals surface area contributed by atoms with Crippen molar-refractivity contribution >= 4 is 17.6 Å². The van der Waals surface area contributed by atoms with E-state index >= 15 is 0 Å². The van der Waals surface area contributed by atoms with Gasteiger partial charge in [0.05, 0.1) is 0 Å². The maximum absolute atomic E-state index is 12.8. The van der Waals surface area contributed by atoms with Crippen LogP contribution >= 0.6 is 0 Å². The van der Waals surface area contributed by atoms with Gasteiger partial charge in [0, 0.05) is 11.6 Å². The molecule has 2 aliphatic rings. The summed E-state index contributed by atoms with van der Waals surface area (Å²) in [5.74, 6) is -1.03. The fraction of sp³-hybridized carbons (Fsp3) is 0.500. The molecule has 1 saturated heterocycles. The van der Waals surface area contributed by atoms with Crippen molar-refractivity contribution in [3.8, 4) is 0 Å². The van der Waals surface area contributed by atoms with Gasteiger partial charge >= 0.3 is 5.97 Å². The molecule has 2 fully saturated rings. The SMILES string of the molecule is O=C(O)CN(C(=O)C1CC12CCNCC2)c1ccccc1. The lowest BCUT2D eigenvalue weighted by Crippen LogP contribution is -2.39. The van der Waals surface area contributed by atoms with Crippen LogP contribution in [0.2, 0.25) is 0 Å². The lowest BCUT2D eigenvalue weighted by Gasteiger charge is -2.26. The highest BCUT2D eigenvalue weighted by Crippen LogP contribution is 2.59. The Labute approximate surface area is 123 Å². The van der Waals surface area contributed by atoms with Gasteiger partial charge < -0.3 is 15.3 Å². The summed E-state index contributed by atoms with van der Waals surface area (Å²) < 4.78 is 0. The average molecular weight is 288 g/mol. The minimum Gasteiger partial charge on any atom is -0.480 e. The predicted octanol–water partition coefficient (Wildman–Crippen LogP) is 1.49. The van der Waals surface area contributed by atoms with Crippen molar-refractivity contribution in [2.45, 2.75) is 19.3 Å². The van der Waals surface area contributed by atoms with E-state index in [0.717, 1.165) is 32.4 Å². The van der Waals surface area contributed by atoms with E-state index in [1.165, 1.54) is 4.90 Å². The van der Waals surface area contributed by atoms with Gasteiger partial charge in [0.2, 0.25) is 5.91 Å². The van der Waals surface area contributed by atoms with Crippen LogP contribution in [0, 0.1) is 11.3 Å². The second-order valence-electron chi connectivity index (χ2n) is 6.02. The zero-order valence-electron chi connectivity index (χ0n) is 11.9. The summed E-state index contributed by atoms with van der Waals surface area (Å²) in [6, 6.07) is 9.09. The molecular weight excluding hydrogens is 268 g/mol. The molecule has 5 heteroatoms. The summed E-state index contributed by atoms with van der Waals surface area (Å²) in [7, 11) is 0. The van der Waals surface area contributed by atoms with E-state index in [4.69, 9.17) is 5.11 Å². The smallest absolute Gasteiger partial charge is 0.323 e. The number of hydrogen-bond donors (Lipinski definition) is 2. The molecule has 5 nitrogen and oxygen atoms in total. The van der Waals surface area contributed by atoms with E-state index in [0.29, 0.717) is 5.69 Å². The van der Waals surface area contributed by atoms with Crippen molar-refractivity contribution in [2.75, 3.05) is 24.5 Å². The number of para-hydroxylation sites is 1. The topological polar surface area (TPSA) is 69.6 Å². The Morgan fingerprint density at radius 1 is 1.24 bits per heavy atom. The molecule has 0 bridgehead atoms. The number of amides is 1. The number of nitrogens with one attached hydrogen (secondary N) is 1. The highest BCUT2D eigenvalue weighted by Gasteiger charge is 2.58. The zero-order chi connectivity index (χ0) is 14.9. The Kier molecular flexibility index (Phi) is 3.68. The third kappa shape index (κ3) is 2.78. The van der Waals surface area contributed by atoms with Crippen LogP contribution in [0.4, 0.5) is 5.69 Å². The second kappa shape index (κ2) is 5.48. The summed E-state index contributed by atoms with van der Waals surface area (Å²) in [5, 5.41) is 12.4. The van der Waals surface area contributed by atoms with E-state index in [-0.39, 0.29) is 23.8 Å². The number of benzene rings is 1. The van der Waals surface area contributed by atoms with E-state index in [1.54, 1.807) is 12.1 Å². The molecule has 1 aromatic carbocycles. The minimum absolute atomic E-state index is 0.0147. The predicted molar refractivity (Wildman–Crippen MR) is 79.1 cm³/mol. The number of carboxylic acid groups (broad SMARTS) is 1. The van der Waals surface area contributed by atoms with Crippen LogP contribution in [0.1, 0.15) is 19.3 Å². The first kappa shape index (κ1) is 14.1. The molecule has 0 aromatic heterocycles. The third-order valence-electron chi connectivity index (χ3n) is 4.71. The molecule has 1 aliphatic heterocycles. The van der Waals surface area contributed by atoms with E-state index in [2.05, 4.69) is 5.32 Å². The number of carbonyl (C=O) groups excluding carboxylic acids is 1. The molecule has 1 aliphatic carbocycles. The first-order valence-electron chi connectivity index (χ1n) is 7.41. The van der Waals surface area contributed by atoms with Gasteiger partial charge in [0.1, 0.15) is 6.54 Å². The Bertz CT molecular complexity index is 538. The fourth-order valence-electron chi connectivity index (χ4n) is 3.40. The van der Waals surface area contributed by atoms with Gasteiger partial charge in [-0.25, -0.2) is 0 Å². The molecule has 3 rings (SSSR count). The number of rotatable bonds is 4. The van der Waals surface area contributed by atoms with Crippen LogP contribution in [0.25, 0.3) is 0 Å². The Morgan fingerprint density at radius 3 is 2.52 bits per heavy atom. The second-order valence-corrected chi connectivity index (χ2v) is 6.02. The molecule has 1 amide bonds. The van der Waals surface area contributed by atoms with E-state index < -0.39 is 5.97 Å². The number of anilines is 1. The first-order valence-corrected chi connectivity index (χ1v) is 7.41. The van der Waals surface area contributed by atoms with Crippen molar-refractivity contribution in [3.63, 3.8) is 0 Å². The summed E-state index contributed by atoms with van der Waals surface area (Å²) in [6.07, 6.45) is 2.93. The quantitative estimate of drug-likeness (QED) is 0.881. The third-order valence-corrected chi connectivity index (χ3v) is 4.71. The standard InChI is InChI=1S/C16H20N2O3/c19-14(20)11-18(12-4-2-1-3-5-12)15(21)13-10-16(13)6-8-17-9-7-16/h1-5,13,17H,6-11H2,(H,19,20). The van der Waals surface area contributed by atoms with Crippen LogP contribution in [-0.2, 0) is 9.59 Å². The molecule has 1 saturated carbocycles. The maximum Gasteiger partial charge on any atom is 0.323 e. The van der Waals surface area contributed by atoms with Crippen LogP contribution in [0.5, 0.6) is 0 Å². The van der Waals surface area contributed by atoms with Gasteiger partial charge in [-0.2, -0.15) is 0 Å². The summed E-state index contributed by atoms with van der Waals surface area (Å²) >= 11 is 0. The van der Waals surface area contributed by atoms with Crippen LogP contribution in [-0.4, -0.2) is 36.6 Å². The number of carboxylic acids is 1. The maximum atomic E-state index is 12.8. The molecule has 1 aromatic rings. The lowest BCUT2D eigenvalue weighted by atomic mass is 9.91. The van der Waals surface area contributed by atoms with Crippen molar-refractivity contribution in [1.82, 2.24) is 5.32 Å². The number of aliphatic carboxylic acids is 1. The Balaban J connectivity index is 1.78. The number of hydrogen-bond acceptors (Lipinski definition) is 3. The molecule has 1 spiro atoms. The Morgan fingerprint density at radius 2 is 1.90 bits per heavy atom. The van der Waals surface area contributed by atoms with Crippen molar-refractivity contribution in [3.05, 3.63) is 30.3 Å². The largest absolute Gasteiger partial charge is 0.480 e. The lowest BCUT2D eigenvalue weighted by molar-refractivity contribution is -0.137. The van der Waals surface area contributed by atoms with Crippen LogP contribution < -0.4 is 10.2 Å². The molecule has 112 valence electrons. The van der Waals surface area contributed by atoms with Crippen LogP contribution in [0.15, 0.2) is 30.3 Å². The molecule has 1 heterocycles. The highest BCUT2D eigenvalue weighted by atomic mass is 16.4. The fourth-order valence-corrected chi connectivity index (χ4v) is 3.40. The first-order chi connectivity index (χ1) is 10.1. The number of nitrogens with zero attached hydrogens (tertiary/aromatic N) is 1. The monoisotopic (exact) mass is 288 g/mol. The van der Waals surface area contributed by atoms with Crippen molar-refractivity contribution < 1.29 is 14.7 Å². The van der Waals surface area contributed by atoms with Gasteiger partial charge in [-0.3, -0.25) is 9.59 Å². The molecule has 0 radical (unpaired) electrons. The van der Waals surface area contributed by atoms with Gasteiger partial charge in [0.15, 0.2) is 0 Å². The van der Waals surface area contributed by atoms with Crippen LogP contribution in [0.3, 0.4) is 0 Å². The average Bonchev–Trinajstić information content (AvgIpc) is 3.19. The Hall–Kier alpha value is -1.88. The summed E-state index contributed by atoms with van der Waals surface area (Å²) in [4.78, 5) is 25.3. The zero-order valence-corrected chi connectivity index (χ0v) is 11.9. The highest BCUT2D eigenvalue weighted by molar-refractivity contribution is 6.00. The van der Waals surface area contributed by atoms with Crippen molar-refractivity contribution in [1.29, 1.82) is 0 Å². The normalized spacial score (nSPS) is 22.8. The van der Waals surface area contributed by atoms with Gasteiger partial charge in [-0.1, -0.05) is 18.2 Å². The van der Waals surface area contributed by atoms with Crippen molar-refractivity contribution in [2.24, 2.45) is 11.3 Å². The molecule has 1 unspecified atom stereocenters. The van der Waals surface area contributed by atoms with E-state index in [1.807, 2.05) is 18.2 Å². The van der Waals surface area contributed by atoms with E-state index in [9.17, 15) is 9.59 Å². The minimum atomic E-state index is -0.979. The molecule has 2 N–H and O–H groups in total. The number of piperidine rings is 1. The van der Waals surface area contributed by atoms with Gasteiger partial charge in [0.25, 0.3) is 0 Å².